The molecule has 0 aliphatic rings. The molecule has 0 bridgehead atoms. The zero-order valence-electron chi connectivity index (χ0n) is 8.69. The maximum Gasteiger partial charge on any atom is 0.185 e. The Hall–Kier alpha value is -2.14. The van der Waals surface area contributed by atoms with Crippen LogP contribution in [0.15, 0.2) is 34.7 Å². The Bertz CT molecular complexity index is 751. The molecule has 3 rings (SSSR count). The minimum Gasteiger partial charge on any atom is -0.453 e. The molecule has 0 aliphatic carbocycles. The Morgan fingerprint density at radius 3 is 2.71 bits per heavy atom. The first kappa shape index (κ1) is 10.0. The monoisotopic (exact) mass is 244 g/mol. The van der Waals surface area contributed by atoms with Gasteiger partial charge in [0.15, 0.2) is 16.8 Å². The van der Waals surface area contributed by atoms with Crippen LogP contribution in [0.3, 0.4) is 0 Å². The van der Waals surface area contributed by atoms with Crippen molar-refractivity contribution >= 4 is 29.5 Å². The van der Waals surface area contributed by atoms with Crippen molar-refractivity contribution in [1.82, 2.24) is 9.97 Å². The highest BCUT2D eigenvalue weighted by Gasteiger charge is 2.05. The standard InChI is InChI=1S/C12H8N2O2S/c15-6-8-2-4-11(16-8)7-1-3-9-10(5-7)14-12(17)13-9/h1-6H,(H2,13,14,17). The van der Waals surface area contributed by atoms with Gasteiger partial charge in [-0.3, -0.25) is 4.79 Å². The molecule has 1 aromatic carbocycles. The van der Waals surface area contributed by atoms with Crippen LogP contribution in [0.2, 0.25) is 0 Å². The van der Waals surface area contributed by atoms with E-state index in [0.29, 0.717) is 22.6 Å². The van der Waals surface area contributed by atoms with Crippen LogP contribution in [-0.2, 0) is 0 Å². The highest BCUT2D eigenvalue weighted by molar-refractivity contribution is 7.71. The molecule has 17 heavy (non-hydrogen) atoms. The average molecular weight is 244 g/mol. The van der Waals surface area contributed by atoms with E-state index in [0.717, 1.165) is 16.6 Å². The summed E-state index contributed by atoms with van der Waals surface area (Å²) in [7, 11) is 0. The molecule has 0 amide bonds. The van der Waals surface area contributed by atoms with E-state index in [1.54, 1.807) is 12.1 Å². The van der Waals surface area contributed by atoms with Crippen molar-refractivity contribution in [1.29, 1.82) is 0 Å². The van der Waals surface area contributed by atoms with Gasteiger partial charge in [-0.15, -0.1) is 0 Å². The molecule has 4 nitrogen and oxygen atoms in total. The molecule has 0 saturated carbocycles. The Morgan fingerprint density at radius 1 is 1.12 bits per heavy atom. The number of aromatic amines is 2. The number of aromatic nitrogens is 2. The van der Waals surface area contributed by atoms with Gasteiger partial charge in [-0.1, -0.05) is 0 Å². The van der Waals surface area contributed by atoms with Gasteiger partial charge in [-0.2, -0.15) is 0 Å². The molecule has 0 radical (unpaired) electrons. The largest absolute Gasteiger partial charge is 0.453 e. The summed E-state index contributed by atoms with van der Waals surface area (Å²) in [5.41, 5.74) is 2.76. The molecule has 2 heterocycles. The van der Waals surface area contributed by atoms with Crippen molar-refractivity contribution in [3.05, 3.63) is 40.9 Å². The molecule has 2 N–H and O–H groups in total. The zero-order valence-corrected chi connectivity index (χ0v) is 9.51. The van der Waals surface area contributed by atoms with E-state index in [9.17, 15) is 4.79 Å². The number of furan rings is 1. The molecule has 2 aromatic heterocycles. The topological polar surface area (TPSA) is 61.8 Å². The smallest absolute Gasteiger partial charge is 0.185 e. The normalized spacial score (nSPS) is 10.8. The number of benzene rings is 1. The van der Waals surface area contributed by atoms with Crippen LogP contribution >= 0.6 is 12.2 Å². The van der Waals surface area contributed by atoms with E-state index in [2.05, 4.69) is 9.97 Å². The van der Waals surface area contributed by atoms with Gasteiger partial charge < -0.3 is 14.4 Å². The number of hydrogen-bond donors (Lipinski definition) is 2. The summed E-state index contributed by atoms with van der Waals surface area (Å²) < 4.78 is 5.94. The third-order valence-electron chi connectivity index (χ3n) is 2.54. The van der Waals surface area contributed by atoms with Crippen LogP contribution in [0.4, 0.5) is 0 Å². The average Bonchev–Trinajstić information content (AvgIpc) is 2.92. The molecule has 5 heteroatoms. The van der Waals surface area contributed by atoms with Gasteiger partial charge in [0.05, 0.1) is 11.0 Å². The van der Waals surface area contributed by atoms with Gasteiger partial charge in [-0.05, 0) is 42.5 Å². The van der Waals surface area contributed by atoms with Gasteiger partial charge in [0, 0.05) is 5.56 Å². The number of imidazole rings is 1. The maximum absolute atomic E-state index is 10.5. The van der Waals surface area contributed by atoms with Crippen molar-refractivity contribution < 1.29 is 9.21 Å². The van der Waals surface area contributed by atoms with E-state index in [4.69, 9.17) is 16.6 Å². The van der Waals surface area contributed by atoms with E-state index < -0.39 is 0 Å². The van der Waals surface area contributed by atoms with Crippen LogP contribution in [0.25, 0.3) is 22.4 Å². The second-order valence-corrected chi connectivity index (χ2v) is 4.07. The number of H-pyrrole nitrogens is 2. The fourth-order valence-electron chi connectivity index (χ4n) is 1.76. The van der Waals surface area contributed by atoms with Crippen molar-refractivity contribution in [3.63, 3.8) is 0 Å². The van der Waals surface area contributed by atoms with Crippen molar-refractivity contribution in [2.24, 2.45) is 0 Å². The van der Waals surface area contributed by atoms with Gasteiger partial charge >= 0.3 is 0 Å². The van der Waals surface area contributed by atoms with Gasteiger partial charge in [0.1, 0.15) is 5.76 Å². The van der Waals surface area contributed by atoms with E-state index in [-0.39, 0.29) is 0 Å². The van der Waals surface area contributed by atoms with Gasteiger partial charge in [-0.25, -0.2) is 0 Å². The van der Waals surface area contributed by atoms with E-state index in [1.165, 1.54) is 0 Å². The molecule has 0 aliphatic heterocycles. The number of nitrogens with one attached hydrogen (secondary N) is 2. The summed E-state index contributed by atoms with van der Waals surface area (Å²) in [4.78, 5) is 16.6. The van der Waals surface area contributed by atoms with E-state index in [1.807, 2.05) is 18.2 Å². The van der Waals surface area contributed by atoms with Gasteiger partial charge in [0.2, 0.25) is 0 Å². The Labute approximate surface area is 101 Å². The Kier molecular flexibility index (Phi) is 2.19. The third-order valence-corrected chi connectivity index (χ3v) is 2.75. The maximum atomic E-state index is 10.5. The van der Waals surface area contributed by atoms with Crippen molar-refractivity contribution in [3.8, 4) is 11.3 Å². The highest BCUT2D eigenvalue weighted by atomic mass is 32.1. The summed E-state index contributed by atoms with van der Waals surface area (Å²) in [6.07, 6.45) is 0.686. The van der Waals surface area contributed by atoms with Crippen molar-refractivity contribution in [2.75, 3.05) is 0 Å². The predicted octanol–water partition coefficient (Wildman–Crippen LogP) is 3.30. The summed E-state index contributed by atoms with van der Waals surface area (Å²) >= 11 is 5.01. The number of aldehydes is 1. The quantitative estimate of drug-likeness (QED) is 0.537. The van der Waals surface area contributed by atoms with Crippen molar-refractivity contribution in [2.45, 2.75) is 0 Å². The predicted molar refractivity (Wildman–Crippen MR) is 66.6 cm³/mol. The molecule has 0 fully saturated rings. The first-order valence-corrected chi connectivity index (χ1v) is 5.44. The first-order chi connectivity index (χ1) is 8.26. The summed E-state index contributed by atoms with van der Waals surface area (Å²) in [5.74, 6) is 0.983. The lowest BCUT2D eigenvalue weighted by molar-refractivity contribution is 0.110. The molecule has 84 valence electrons. The second kappa shape index (κ2) is 3.71. The molecule has 0 saturated heterocycles. The lowest BCUT2D eigenvalue weighted by Crippen LogP contribution is -1.75. The zero-order chi connectivity index (χ0) is 11.8. The first-order valence-electron chi connectivity index (χ1n) is 5.04. The molecular weight excluding hydrogens is 236 g/mol. The summed E-state index contributed by atoms with van der Waals surface area (Å²) in [6.45, 7) is 0. The lowest BCUT2D eigenvalue weighted by Gasteiger charge is -1.96. The number of hydrogen-bond acceptors (Lipinski definition) is 3. The Morgan fingerprint density at radius 2 is 1.94 bits per heavy atom. The van der Waals surface area contributed by atoms with E-state index >= 15 is 0 Å². The molecular formula is C12H8N2O2S. The van der Waals surface area contributed by atoms with Crippen LogP contribution in [0.5, 0.6) is 0 Å². The molecule has 0 atom stereocenters. The van der Waals surface area contributed by atoms with Crippen LogP contribution in [0, 0.1) is 4.77 Å². The number of carbonyl (C=O) groups is 1. The Balaban J connectivity index is 2.16. The molecule has 0 spiro atoms. The number of rotatable bonds is 2. The minimum absolute atomic E-state index is 0.321. The fraction of sp³-hybridized carbons (Fsp3) is 0. The highest BCUT2D eigenvalue weighted by Crippen LogP contribution is 2.24. The SMILES string of the molecule is O=Cc1ccc(-c2ccc3[nH]c(=S)[nH]c3c2)o1. The van der Waals surface area contributed by atoms with Gasteiger partial charge in [0.25, 0.3) is 0 Å². The molecule has 0 unspecified atom stereocenters. The fourth-order valence-corrected chi connectivity index (χ4v) is 1.98. The lowest BCUT2D eigenvalue weighted by atomic mass is 10.1. The number of fused-ring (bicyclic) bond motifs is 1. The third kappa shape index (κ3) is 1.70. The molecule has 3 aromatic rings. The minimum atomic E-state index is 0.321. The summed E-state index contributed by atoms with van der Waals surface area (Å²) in [5, 5.41) is 0. The van der Waals surface area contributed by atoms with Crippen LogP contribution in [-0.4, -0.2) is 16.3 Å². The summed E-state index contributed by atoms with van der Waals surface area (Å²) in [6, 6.07) is 9.17. The number of carbonyl (C=O) groups excluding carboxylic acids is 1. The van der Waals surface area contributed by atoms with Crippen LogP contribution < -0.4 is 0 Å². The second-order valence-electron chi connectivity index (χ2n) is 3.66. The van der Waals surface area contributed by atoms with Crippen LogP contribution in [0.1, 0.15) is 10.6 Å².